The van der Waals surface area contributed by atoms with E-state index in [1.54, 1.807) is 6.92 Å². The highest BCUT2D eigenvalue weighted by Crippen LogP contribution is 2.35. The molecule has 1 saturated heterocycles. The summed E-state index contributed by atoms with van der Waals surface area (Å²) in [5, 5.41) is 5.23. The number of benzene rings is 1. The number of hydrogen-bond donors (Lipinski definition) is 0. The Morgan fingerprint density at radius 3 is 2.87 bits per heavy atom. The van der Waals surface area contributed by atoms with Crippen LogP contribution in [0.1, 0.15) is 30.0 Å². The summed E-state index contributed by atoms with van der Waals surface area (Å²) < 4.78 is 7.43. The maximum Gasteiger partial charge on any atom is 0.275 e. The lowest BCUT2D eigenvalue weighted by Crippen LogP contribution is -2.51. The lowest BCUT2D eigenvalue weighted by molar-refractivity contribution is -0.139. The highest BCUT2D eigenvalue weighted by Gasteiger charge is 2.34. The molecule has 30 heavy (non-hydrogen) atoms. The van der Waals surface area contributed by atoms with E-state index in [-0.39, 0.29) is 11.5 Å². The van der Waals surface area contributed by atoms with Crippen molar-refractivity contribution in [2.75, 3.05) is 24.5 Å². The lowest BCUT2D eigenvalue weighted by Gasteiger charge is -2.38. The van der Waals surface area contributed by atoms with Crippen LogP contribution in [-0.2, 0) is 11.3 Å². The van der Waals surface area contributed by atoms with Gasteiger partial charge in [0.1, 0.15) is 10.8 Å². The fourth-order valence-corrected chi connectivity index (χ4v) is 5.05. The van der Waals surface area contributed by atoms with Gasteiger partial charge in [0.05, 0.1) is 18.8 Å². The molecule has 3 aromatic rings. The first-order valence-electron chi connectivity index (χ1n) is 10.2. The van der Waals surface area contributed by atoms with Crippen LogP contribution in [0.25, 0.3) is 4.96 Å². The minimum atomic E-state index is -0.546. The molecular weight excluding hydrogens is 402 g/mol. The molecule has 9 heteroatoms. The molecule has 0 radical (unpaired) electrons. The molecule has 1 aromatic carbocycles. The molecule has 0 spiro atoms. The van der Waals surface area contributed by atoms with E-state index in [9.17, 15) is 9.59 Å². The Morgan fingerprint density at radius 2 is 2.03 bits per heavy atom. The van der Waals surface area contributed by atoms with Crippen LogP contribution in [0, 0.1) is 6.92 Å². The summed E-state index contributed by atoms with van der Waals surface area (Å²) in [5.41, 5.74) is 1.43. The average Bonchev–Trinajstić information content (AvgIpc) is 3.16. The first-order chi connectivity index (χ1) is 14.6. The highest BCUT2D eigenvalue weighted by atomic mass is 32.1. The van der Waals surface area contributed by atoms with Crippen molar-refractivity contribution >= 4 is 27.9 Å². The molecular formula is C21H23N5O3S. The number of aryl methyl sites for hydroxylation is 1. The summed E-state index contributed by atoms with van der Waals surface area (Å²) in [6.45, 7) is 4.33. The van der Waals surface area contributed by atoms with Gasteiger partial charge < -0.3 is 14.5 Å². The number of piperidine rings is 1. The molecule has 1 atom stereocenters. The van der Waals surface area contributed by atoms with E-state index in [2.05, 4.69) is 15.0 Å². The minimum Gasteiger partial charge on any atom is -0.477 e. The Balaban J connectivity index is 1.44. The van der Waals surface area contributed by atoms with Crippen LogP contribution in [-0.4, -0.2) is 51.1 Å². The zero-order valence-electron chi connectivity index (χ0n) is 16.8. The van der Waals surface area contributed by atoms with Gasteiger partial charge in [-0.05, 0) is 38.3 Å². The molecule has 2 aliphatic heterocycles. The molecule has 156 valence electrons. The van der Waals surface area contributed by atoms with Crippen LogP contribution in [0.3, 0.4) is 0 Å². The summed E-state index contributed by atoms with van der Waals surface area (Å²) in [4.78, 5) is 34.3. The largest absolute Gasteiger partial charge is 0.477 e. The van der Waals surface area contributed by atoms with E-state index in [1.807, 2.05) is 29.2 Å². The van der Waals surface area contributed by atoms with Crippen LogP contribution in [0.15, 0.2) is 35.1 Å². The molecule has 2 aromatic heterocycles. The van der Waals surface area contributed by atoms with Gasteiger partial charge in [-0.1, -0.05) is 23.5 Å². The van der Waals surface area contributed by atoms with Gasteiger partial charge in [0.2, 0.25) is 4.96 Å². The molecule has 4 heterocycles. The maximum absolute atomic E-state index is 13.1. The minimum absolute atomic E-state index is 0.0482. The third kappa shape index (κ3) is 3.54. The van der Waals surface area contributed by atoms with Gasteiger partial charge in [-0.25, -0.2) is 4.98 Å². The number of anilines is 1. The SMILES string of the molecule is Cc1cc(=O)n2nc(CN3C[C@@H](C(=O)N4CCCCC4)Oc4ccccc43)sc2n1. The molecule has 0 aliphatic carbocycles. The Hall–Kier alpha value is -2.94. The number of likely N-dealkylation sites (tertiary alicyclic amines) is 1. The molecule has 2 aliphatic rings. The number of aromatic nitrogens is 3. The summed E-state index contributed by atoms with van der Waals surface area (Å²) in [7, 11) is 0. The summed E-state index contributed by atoms with van der Waals surface area (Å²) in [5.74, 6) is 0.748. The average molecular weight is 426 g/mol. The number of fused-ring (bicyclic) bond motifs is 2. The zero-order valence-corrected chi connectivity index (χ0v) is 17.6. The van der Waals surface area contributed by atoms with Crippen molar-refractivity contribution in [3.63, 3.8) is 0 Å². The molecule has 8 nitrogen and oxygen atoms in total. The molecule has 0 bridgehead atoms. The van der Waals surface area contributed by atoms with Crippen LogP contribution in [0.2, 0.25) is 0 Å². The van der Waals surface area contributed by atoms with Gasteiger partial charge in [-0.15, -0.1) is 0 Å². The van der Waals surface area contributed by atoms with Gasteiger partial charge in [0.15, 0.2) is 6.10 Å². The van der Waals surface area contributed by atoms with Gasteiger partial charge in [0.25, 0.3) is 11.5 Å². The predicted octanol–water partition coefficient (Wildman–Crippen LogP) is 2.24. The number of ether oxygens (including phenoxy) is 1. The number of nitrogens with zero attached hydrogens (tertiary/aromatic N) is 5. The third-order valence-corrected chi connectivity index (χ3v) is 6.44. The Bertz CT molecular complexity index is 1150. The number of carbonyl (C=O) groups is 1. The first-order valence-corrected chi connectivity index (χ1v) is 11.1. The molecule has 1 amide bonds. The van der Waals surface area contributed by atoms with E-state index in [4.69, 9.17) is 4.74 Å². The van der Waals surface area contributed by atoms with E-state index in [1.165, 1.54) is 28.3 Å². The molecule has 0 saturated carbocycles. The van der Waals surface area contributed by atoms with E-state index >= 15 is 0 Å². The fourth-order valence-electron chi connectivity index (χ4n) is 4.09. The molecule has 0 unspecified atom stereocenters. The third-order valence-electron chi connectivity index (χ3n) is 5.55. The van der Waals surface area contributed by atoms with E-state index < -0.39 is 6.10 Å². The second-order valence-electron chi connectivity index (χ2n) is 7.77. The fraction of sp³-hybridized carbons (Fsp3) is 0.429. The Labute approximate surface area is 177 Å². The molecule has 1 fully saturated rings. The summed E-state index contributed by atoms with van der Waals surface area (Å²) in [6, 6.07) is 9.23. The van der Waals surface area contributed by atoms with Gasteiger partial charge >= 0.3 is 0 Å². The molecule has 0 N–H and O–H groups in total. The van der Waals surface area contributed by atoms with Crippen LogP contribution in [0.5, 0.6) is 5.75 Å². The van der Waals surface area contributed by atoms with Crippen molar-refractivity contribution < 1.29 is 9.53 Å². The van der Waals surface area contributed by atoms with Gasteiger partial charge in [0, 0.05) is 24.8 Å². The topological polar surface area (TPSA) is 80.0 Å². The van der Waals surface area contributed by atoms with E-state index in [0.29, 0.717) is 29.5 Å². The summed E-state index contributed by atoms with van der Waals surface area (Å²) >= 11 is 1.39. The van der Waals surface area contributed by atoms with Crippen LogP contribution < -0.4 is 15.2 Å². The monoisotopic (exact) mass is 425 g/mol. The van der Waals surface area contributed by atoms with Crippen molar-refractivity contribution in [1.82, 2.24) is 19.5 Å². The van der Waals surface area contributed by atoms with Crippen LogP contribution in [0.4, 0.5) is 5.69 Å². The van der Waals surface area contributed by atoms with Crippen molar-refractivity contribution in [3.8, 4) is 5.75 Å². The van der Waals surface area contributed by atoms with Gasteiger partial charge in [-0.3, -0.25) is 9.59 Å². The van der Waals surface area contributed by atoms with Crippen molar-refractivity contribution in [3.05, 3.63) is 51.4 Å². The van der Waals surface area contributed by atoms with Crippen molar-refractivity contribution in [2.45, 2.75) is 38.8 Å². The van der Waals surface area contributed by atoms with E-state index in [0.717, 1.165) is 36.6 Å². The number of rotatable bonds is 3. The summed E-state index contributed by atoms with van der Waals surface area (Å²) in [6.07, 6.45) is 2.72. The van der Waals surface area contributed by atoms with Crippen molar-refractivity contribution in [2.24, 2.45) is 0 Å². The maximum atomic E-state index is 13.1. The Kier molecular flexibility index (Phi) is 4.90. The number of hydrogen-bond acceptors (Lipinski definition) is 7. The second kappa shape index (κ2) is 7.71. The van der Waals surface area contributed by atoms with Gasteiger partial charge in [-0.2, -0.15) is 9.61 Å². The Morgan fingerprint density at radius 1 is 1.23 bits per heavy atom. The molecule has 5 rings (SSSR count). The number of amides is 1. The quantitative estimate of drug-likeness (QED) is 0.640. The first kappa shape index (κ1) is 19.0. The number of carbonyl (C=O) groups excluding carboxylic acids is 1. The van der Waals surface area contributed by atoms with Crippen LogP contribution >= 0.6 is 11.3 Å². The highest BCUT2D eigenvalue weighted by molar-refractivity contribution is 7.16. The standard InChI is InChI=1S/C21H23N5O3S/c1-14-11-19(27)26-21(22-14)30-18(23-26)13-25-12-17(20(28)24-9-5-2-6-10-24)29-16-8-4-3-7-15(16)25/h3-4,7-8,11,17H,2,5-6,9-10,12-13H2,1H3/t17-/m0/s1. The second-order valence-corrected chi connectivity index (χ2v) is 8.81. The predicted molar refractivity (Wildman–Crippen MR) is 114 cm³/mol. The smallest absolute Gasteiger partial charge is 0.275 e. The number of para-hydroxylation sites is 2. The normalized spacial score (nSPS) is 18.9. The lowest BCUT2D eigenvalue weighted by atomic mass is 10.1. The zero-order chi connectivity index (χ0) is 20.7. The van der Waals surface area contributed by atoms with Crippen molar-refractivity contribution in [1.29, 1.82) is 0 Å².